The van der Waals surface area contributed by atoms with Crippen LogP contribution in [0.3, 0.4) is 0 Å². The van der Waals surface area contributed by atoms with Crippen molar-refractivity contribution in [1.82, 2.24) is 0 Å². The minimum atomic E-state index is -0.894. The fourth-order valence-corrected chi connectivity index (χ4v) is 0.990. The van der Waals surface area contributed by atoms with E-state index in [9.17, 15) is 9.18 Å². The molecule has 0 bridgehead atoms. The molecule has 1 rings (SSSR count). The Kier molecular flexibility index (Phi) is 3.49. The van der Waals surface area contributed by atoms with Crippen LogP contribution in [0.5, 0.6) is 11.5 Å². The number of carbonyl (C=O) groups is 1. The van der Waals surface area contributed by atoms with Gasteiger partial charge in [0, 0.05) is 6.07 Å². The van der Waals surface area contributed by atoms with Crippen LogP contribution in [0, 0.1) is 5.82 Å². The van der Waals surface area contributed by atoms with Crippen LogP contribution < -0.4 is 4.74 Å². The van der Waals surface area contributed by atoms with Crippen molar-refractivity contribution < 1.29 is 23.8 Å². The fraction of sp³-hybridized carbons (Fsp3) is 0.300. The van der Waals surface area contributed by atoms with Crippen molar-refractivity contribution in [2.45, 2.75) is 13.0 Å². The van der Waals surface area contributed by atoms with Crippen LogP contribution in [-0.2, 0) is 9.53 Å². The number of halogens is 1. The average Bonchev–Trinajstić information content (AvgIpc) is 2.20. The van der Waals surface area contributed by atoms with Crippen LogP contribution in [0.4, 0.5) is 4.39 Å². The van der Waals surface area contributed by atoms with Gasteiger partial charge in [0.2, 0.25) is 0 Å². The number of hydrogen-bond donors (Lipinski definition) is 1. The van der Waals surface area contributed by atoms with Gasteiger partial charge in [-0.15, -0.1) is 0 Å². The molecule has 0 spiro atoms. The minimum Gasteiger partial charge on any atom is -0.508 e. The number of phenolic OH excluding ortho intramolecular Hbond substituents is 1. The van der Waals surface area contributed by atoms with Gasteiger partial charge in [0.25, 0.3) is 0 Å². The Bertz CT molecular complexity index is 364. The standard InChI is InChI=1S/C10H11FO4/c1-6(10(13)14-2)15-9-4-3-7(12)5-8(9)11/h3-6,12H,1-2H3/t6-/m1/s1. The quantitative estimate of drug-likeness (QED) is 0.774. The Labute approximate surface area is 86.2 Å². The Morgan fingerprint density at radius 2 is 2.20 bits per heavy atom. The predicted octanol–water partition coefficient (Wildman–Crippen LogP) is 1.47. The van der Waals surface area contributed by atoms with Gasteiger partial charge in [0.1, 0.15) is 5.75 Å². The summed E-state index contributed by atoms with van der Waals surface area (Å²) in [6.45, 7) is 1.44. The summed E-state index contributed by atoms with van der Waals surface area (Å²) < 4.78 is 22.5. The summed E-state index contributed by atoms with van der Waals surface area (Å²) in [5.41, 5.74) is 0. The third-order valence-electron chi connectivity index (χ3n) is 1.75. The fourth-order valence-electron chi connectivity index (χ4n) is 0.990. The van der Waals surface area contributed by atoms with Crippen molar-refractivity contribution in [2.24, 2.45) is 0 Å². The maximum Gasteiger partial charge on any atom is 0.346 e. The number of rotatable bonds is 3. The maximum atomic E-state index is 13.1. The zero-order valence-corrected chi connectivity index (χ0v) is 8.36. The summed E-state index contributed by atoms with van der Waals surface area (Å²) in [4.78, 5) is 11.0. The second kappa shape index (κ2) is 4.63. The highest BCUT2D eigenvalue weighted by Gasteiger charge is 2.16. The predicted molar refractivity (Wildman–Crippen MR) is 50.2 cm³/mol. The van der Waals surface area contributed by atoms with E-state index in [-0.39, 0.29) is 11.5 Å². The number of methoxy groups -OCH3 is 1. The number of esters is 1. The van der Waals surface area contributed by atoms with Crippen molar-refractivity contribution in [3.8, 4) is 11.5 Å². The first-order valence-electron chi connectivity index (χ1n) is 4.27. The van der Waals surface area contributed by atoms with Crippen molar-refractivity contribution in [3.05, 3.63) is 24.0 Å². The highest BCUT2D eigenvalue weighted by Crippen LogP contribution is 2.22. The molecular formula is C10H11FO4. The van der Waals surface area contributed by atoms with E-state index >= 15 is 0 Å². The van der Waals surface area contributed by atoms with Crippen LogP contribution in [-0.4, -0.2) is 24.3 Å². The summed E-state index contributed by atoms with van der Waals surface area (Å²) in [5.74, 6) is -1.63. The number of phenols is 1. The molecule has 1 aromatic rings. The highest BCUT2D eigenvalue weighted by molar-refractivity contribution is 5.74. The molecule has 4 nitrogen and oxygen atoms in total. The number of hydrogen-bond acceptors (Lipinski definition) is 4. The lowest BCUT2D eigenvalue weighted by atomic mass is 10.3. The molecule has 0 amide bonds. The molecule has 0 aliphatic carbocycles. The van der Waals surface area contributed by atoms with Gasteiger partial charge >= 0.3 is 5.97 Å². The maximum absolute atomic E-state index is 13.1. The summed E-state index contributed by atoms with van der Waals surface area (Å²) >= 11 is 0. The van der Waals surface area contributed by atoms with E-state index in [1.807, 2.05) is 0 Å². The molecule has 0 radical (unpaired) electrons. The molecule has 0 fully saturated rings. The molecule has 82 valence electrons. The first kappa shape index (κ1) is 11.3. The SMILES string of the molecule is COC(=O)[C@@H](C)Oc1ccc(O)cc1F. The Morgan fingerprint density at radius 3 is 2.73 bits per heavy atom. The van der Waals surface area contributed by atoms with E-state index in [0.717, 1.165) is 6.07 Å². The Balaban J connectivity index is 2.76. The molecule has 15 heavy (non-hydrogen) atoms. The van der Waals surface area contributed by atoms with Crippen molar-refractivity contribution >= 4 is 5.97 Å². The largest absolute Gasteiger partial charge is 0.508 e. The zero-order valence-electron chi connectivity index (χ0n) is 8.36. The lowest BCUT2D eigenvalue weighted by molar-refractivity contribution is -0.148. The Hall–Kier alpha value is -1.78. The van der Waals surface area contributed by atoms with Gasteiger partial charge in [-0.05, 0) is 19.1 Å². The van der Waals surface area contributed by atoms with E-state index in [0.29, 0.717) is 0 Å². The molecule has 0 aliphatic rings. The molecule has 0 aromatic heterocycles. The lowest BCUT2D eigenvalue weighted by Gasteiger charge is -2.12. The Morgan fingerprint density at radius 1 is 1.53 bits per heavy atom. The van der Waals surface area contributed by atoms with Crippen LogP contribution in [0.25, 0.3) is 0 Å². The van der Waals surface area contributed by atoms with Crippen LogP contribution in [0.2, 0.25) is 0 Å². The van der Waals surface area contributed by atoms with Gasteiger partial charge in [-0.3, -0.25) is 0 Å². The van der Waals surface area contributed by atoms with Crippen molar-refractivity contribution in [3.63, 3.8) is 0 Å². The number of ether oxygens (including phenoxy) is 2. The van der Waals surface area contributed by atoms with Crippen molar-refractivity contribution in [2.75, 3.05) is 7.11 Å². The van der Waals surface area contributed by atoms with Crippen molar-refractivity contribution in [1.29, 1.82) is 0 Å². The molecule has 0 aliphatic heterocycles. The van der Waals surface area contributed by atoms with E-state index in [2.05, 4.69) is 4.74 Å². The molecule has 0 heterocycles. The van der Waals surface area contributed by atoms with Gasteiger partial charge in [-0.25, -0.2) is 9.18 Å². The van der Waals surface area contributed by atoms with Gasteiger partial charge in [0.15, 0.2) is 17.7 Å². The van der Waals surface area contributed by atoms with Crippen LogP contribution in [0.1, 0.15) is 6.92 Å². The van der Waals surface area contributed by atoms with Gasteiger partial charge < -0.3 is 14.6 Å². The third kappa shape index (κ3) is 2.83. The van der Waals surface area contributed by atoms with E-state index in [1.54, 1.807) is 0 Å². The number of benzene rings is 1. The molecule has 0 saturated heterocycles. The van der Waals surface area contributed by atoms with Crippen LogP contribution in [0.15, 0.2) is 18.2 Å². The van der Waals surface area contributed by atoms with Gasteiger partial charge in [-0.1, -0.05) is 0 Å². The molecule has 1 N–H and O–H groups in total. The molecule has 1 aromatic carbocycles. The van der Waals surface area contributed by atoms with E-state index in [1.165, 1.54) is 26.2 Å². The summed E-state index contributed by atoms with van der Waals surface area (Å²) in [7, 11) is 1.22. The molecule has 0 saturated carbocycles. The number of carbonyl (C=O) groups excluding carboxylic acids is 1. The third-order valence-corrected chi connectivity index (χ3v) is 1.75. The van der Waals surface area contributed by atoms with E-state index < -0.39 is 17.9 Å². The summed E-state index contributed by atoms with van der Waals surface area (Å²) in [5, 5.41) is 8.94. The van der Waals surface area contributed by atoms with Gasteiger partial charge in [-0.2, -0.15) is 0 Å². The molecule has 1 atom stereocenters. The average molecular weight is 214 g/mol. The topological polar surface area (TPSA) is 55.8 Å². The molecule has 5 heteroatoms. The lowest BCUT2D eigenvalue weighted by Crippen LogP contribution is -2.25. The molecular weight excluding hydrogens is 203 g/mol. The second-order valence-electron chi connectivity index (χ2n) is 2.90. The highest BCUT2D eigenvalue weighted by atomic mass is 19.1. The zero-order chi connectivity index (χ0) is 11.4. The van der Waals surface area contributed by atoms with E-state index in [4.69, 9.17) is 9.84 Å². The molecule has 0 unspecified atom stereocenters. The summed E-state index contributed by atoms with van der Waals surface area (Å²) in [6.07, 6.45) is -0.894. The first-order valence-corrected chi connectivity index (χ1v) is 4.27. The smallest absolute Gasteiger partial charge is 0.346 e. The monoisotopic (exact) mass is 214 g/mol. The van der Waals surface area contributed by atoms with Crippen LogP contribution >= 0.6 is 0 Å². The summed E-state index contributed by atoms with van der Waals surface area (Å²) in [6, 6.07) is 3.41. The minimum absolute atomic E-state index is 0.106. The second-order valence-corrected chi connectivity index (χ2v) is 2.90. The number of aromatic hydroxyl groups is 1. The normalized spacial score (nSPS) is 11.9. The first-order chi connectivity index (χ1) is 7.04. The van der Waals surface area contributed by atoms with Gasteiger partial charge in [0.05, 0.1) is 7.11 Å².